The molecule has 0 spiro atoms. The molecule has 0 aromatic rings. The van der Waals surface area contributed by atoms with Crippen molar-refractivity contribution in [3.05, 3.63) is 12.3 Å². The molecule has 0 aromatic heterocycles. The number of likely N-dealkylation sites (N-methyl/N-ethyl adjacent to an activating group) is 1. The summed E-state index contributed by atoms with van der Waals surface area (Å²) in [6.45, 7) is 5.57. The molecule has 10 heteroatoms. The predicted molar refractivity (Wildman–Crippen MR) is 90.1 cm³/mol. The number of phosphoric ester groups is 1. The molecule has 0 aliphatic heterocycles. The Hall–Kier alpha value is -1.25. The van der Waals surface area contributed by atoms with Gasteiger partial charge in [-0.15, -0.1) is 0 Å². The maximum absolute atomic E-state index is 11.2. The summed E-state index contributed by atoms with van der Waals surface area (Å²) in [5.74, 6) is -0.341. The van der Waals surface area contributed by atoms with Gasteiger partial charge in [0.1, 0.15) is 0 Å². The summed E-state index contributed by atoms with van der Waals surface area (Å²) in [5.41, 5.74) is 0. The van der Waals surface area contributed by atoms with Crippen LogP contribution in [0.2, 0.25) is 0 Å². The van der Waals surface area contributed by atoms with E-state index in [1.54, 1.807) is 6.92 Å². The molecule has 0 fully saturated rings. The topological polar surface area (TPSA) is 114 Å². The molecule has 24 heavy (non-hydrogen) atoms. The van der Waals surface area contributed by atoms with Crippen LogP contribution in [0, 0.1) is 0 Å². The maximum Gasteiger partial charge on any atom is 0.472 e. The summed E-state index contributed by atoms with van der Waals surface area (Å²) in [6.07, 6.45) is 2.94. The molecule has 9 nitrogen and oxygen atoms in total. The number of ether oxygens (including phenoxy) is 1. The lowest BCUT2D eigenvalue weighted by atomic mass is 10.1. The molecule has 0 radical (unpaired) electrons. The Balaban J connectivity index is 0. The van der Waals surface area contributed by atoms with Gasteiger partial charge in [-0.25, -0.2) is 4.57 Å². The van der Waals surface area contributed by atoms with Crippen molar-refractivity contribution >= 4 is 20.1 Å². The van der Waals surface area contributed by atoms with Crippen LogP contribution in [0.5, 0.6) is 0 Å². The van der Waals surface area contributed by atoms with Crippen molar-refractivity contribution in [2.45, 2.75) is 39.3 Å². The fourth-order valence-corrected chi connectivity index (χ4v) is 1.95. The molecule has 0 aliphatic carbocycles. The lowest BCUT2D eigenvalue weighted by molar-refractivity contribution is -0.118. The van der Waals surface area contributed by atoms with Crippen molar-refractivity contribution in [1.29, 1.82) is 0 Å². The van der Waals surface area contributed by atoms with Crippen LogP contribution < -0.4 is 5.32 Å². The van der Waals surface area contributed by atoms with E-state index in [4.69, 9.17) is 14.2 Å². The lowest BCUT2D eigenvalue weighted by Gasteiger charge is -2.25. The molecule has 142 valence electrons. The Kier molecular flexibility index (Phi) is 14.7. The molecule has 2 N–H and O–H groups in total. The Morgan fingerprint density at radius 3 is 2.38 bits per heavy atom. The third-order valence-electron chi connectivity index (χ3n) is 2.87. The van der Waals surface area contributed by atoms with E-state index in [0.29, 0.717) is 12.8 Å². The van der Waals surface area contributed by atoms with Crippen molar-refractivity contribution in [3.8, 4) is 0 Å². The number of methoxy groups -OCH3 is 1. The first-order chi connectivity index (χ1) is 11.3. The molecule has 0 saturated carbocycles. The van der Waals surface area contributed by atoms with Gasteiger partial charge in [0.15, 0.2) is 0 Å². The number of phosphoric acid groups is 1. The number of hydrogen-bond acceptors (Lipinski definition) is 6. The number of nitrogens with one attached hydrogen (secondary N) is 1. The molecule has 2 amide bonds. The normalized spacial score (nSPS) is 15.6. The van der Waals surface area contributed by atoms with E-state index in [0.717, 1.165) is 7.11 Å². The van der Waals surface area contributed by atoms with E-state index in [-0.39, 0.29) is 18.6 Å². The van der Waals surface area contributed by atoms with Crippen molar-refractivity contribution < 1.29 is 32.8 Å². The third-order valence-corrected chi connectivity index (χ3v) is 3.80. The summed E-state index contributed by atoms with van der Waals surface area (Å²) in [4.78, 5) is 32.6. The van der Waals surface area contributed by atoms with Gasteiger partial charge in [0.25, 0.3) is 0 Å². The number of amides is 2. The lowest BCUT2D eigenvalue weighted by Crippen LogP contribution is -2.33. The van der Waals surface area contributed by atoms with E-state index < -0.39 is 13.9 Å². The first-order valence-electron chi connectivity index (χ1n) is 7.48. The van der Waals surface area contributed by atoms with E-state index in [2.05, 4.69) is 9.84 Å². The number of carbonyl (C=O) groups excluding carboxylic acids is 2. The number of rotatable bonds is 11. The minimum atomic E-state index is -4.07. The second-order valence-corrected chi connectivity index (χ2v) is 5.93. The van der Waals surface area contributed by atoms with Crippen molar-refractivity contribution in [2.24, 2.45) is 0 Å². The smallest absolute Gasteiger partial charge is 0.379 e. The summed E-state index contributed by atoms with van der Waals surface area (Å²) in [7, 11) is -0.123. The average Bonchev–Trinajstić information content (AvgIpc) is 2.60. The highest BCUT2D eigenvalue weighted by atomic mass is 31.2. The van der Waals surface area contributed by atoms with Crippen molar-refractivity contribution in [3.63, 3.8) is 0 Å². The fourth-order valence-electron chi connectivity index (χ4n) is 1.49. The quantitative estimate of drug-likeness (QED) is 0.321. The highest BCUT2D eigenvalue weighted by Gasteiger charge is 2.23. The van der Waals surface area contributed by atoms with E-state index in [1.165, 1.54) is 31.3 Å². The predicted octanol–water partition coefficient (Wildman–Crippen LogP) is 1.29. The molecule has 0 heterocycles. The van der Waals surface area contributed by atoms with Crippen LogP contribution in [0.25, 0.3) is 0 Å². The van der Waals surface area contributed by atoms with Gasteiger partial charge in [0, 0.05) is 39.6 Å². The zero-order valence-corrected chi connectivity index (χ0v) is 16.0. The first kappa shape index (κ1) is 25.0. The molecule has 0 saturated heterocycles. The van der Waals surface area contributed by atoms with Crippen LogP contribution in [0.15, 0.2) is 12.3 Å². The summed E-state index contributed by atoms with van der Waals surface area (Å²) in [6, 6.07) is -0.312. The number of hydrogen-bond donors (Lipinski definition) is 2. The van der Waals surface area contributed by atoms with E-state index in [9.17, 15) is 14.2 Å². The van der Waals surface area contributed by atoms with Crippen LogP contribution in [-0.2, 0) is 27.9 Å². The van der Waals surface area contributed by atoms with Gasteiger partial charge in [-0.3, -0.25) is 18.6 Å². The number of nitrogens with zero attached hydrogens (tertiary/aromatic N) is 1. The third kappa shape index (κ3) is 11.3. The zero-order chi connectivity index (χ0) is 19.2. The SMILES string of the molecule is CC.CNC(=O)/C=C\N(C=O)C(C)CC(COP(=O)(O)OC)OC. The van der Waals surface area contributed by atoms with E-state index >= 15 is 0 Å². The van der Waals surface area contributed by atoms with Crippen LogP contribution >= 0.6 is 7.82 Å². The molecule has 0 aromatic carbocycles. The van der Waals surface area contributed by atoms with Gasteiger partial charge in [-0.2, -0.15) is 0 Å². The molecule has 3 unspecified atom stereocenters. The largest absolute Gasteiger partial charge is 0.472 e. The molecule has 0 aliphatic rings. The van der Waals surface area contributed by atoms with Crippen LogP contribution in [-0.4, -0.2) is 62.1 Å². The first-order valence-corrected chi connectivity index (χ1v) is 8.97. The standard InChI is InChI=1S/C12H23N2O7P.C2H6/c1-10(14(9-15)6-5-12(16)13-2)7-11(19-3)8-21-22(17,18)20-4;1-2/h5-6,9-11H,7-8H2,1-4H3,(H,13,16)(H,17,18);1-2H3/b6-5-;. The van der Waals surface area contributed by atoms with Crippen LogP contribution in [0.3, 0.4) is 0 Å². The monoisotopic (exact) mass is 368 g/mol. The molecule has 3 atom stereocenters. The molecule has 0 bridgehead atoms. The molecular weight excluding hydrogens is 339 g/mol. The molecular formula is C14H29N2O7P. The Morgan fingerprint density at radius 2 is 1.96 bits per heavy atom. The minimum absolute atomic E-state index is 0.172. The highest BCUT2D eigenvalue weighted by molar-refractivity contribution is 7.47. The summed E-state index contributed by atoms with van der Waals surface area (Å²) >= 11 is 0. The van der Waals surface area contributed by atoms with Gasteiger partial charge in [0.05, 0.1) is 12.7 Å². The second kappa shape index (κ2) is 14.1. The van der Waals surface area contributed by atoms with Crippen LogP contribution in [0.4, 0.5) is 0 Å². The maximum atomic E-state index is 11.2. The van der Waals surface area contributed by atoms with Gasteiger partial charge >= 0.3 is 7.82 Å². The van der Waals surface area contributed by atoms with Gasteiger partial charge < -0.3 is 19.8 Å². The Labute approximate surface area is 143 Å². The zero-order valence-electron chi connectivity index (χ0n) is 15.1. The van der Waals surface area contributed by atoms with Crippen LogP contribution in [0.1, 0.15) is 27.2 Å². The van der Waals surface area contributed by atoms with Gasteiger partial charge in [0.2, 0.25) is 12.3 Å². The highest BCUT2D eigenvalue weighted by Crippen LogP contribution is 2.42. The molecule has 0 rings (SSSR count). The second-order valence-electron chi connectivity index (χ2n) is 4.37. The minimum Gasteiger partial charge on any atom is -0.379 e. The van der Waals surface area contributed by atoms with Gasteiger partial charge in [-0.05, 0) is 13.3 Å². The number of carbonyl (C=O) groups is 2. The summed E-state index contributed by atoms with van der Waals surface area (Å²) < 4.78 is 25.4. The summed E-state index contributed by atoms with van der Waals surface area (Å²) in [5, 5.41) is 2.39. The van der Waals surface area contributed by atoms with E-state index in [1.807, 2.05) is 13.8 Å². The fraction of sp³-hybridized carbons (Fsp3) is 0.714. The van der Waals surface area contributed by atoms with Crippen molar-refractivity contribution in [2.75, 3.05) is 27.9 Å². The average molecular weight is 368 g/mol. The van der Waals surface area contributed by atoms with Crippen molar-refractivity contribution in [1.82, 2.24) is 10.2 Å². The Morgan fingerprint density at radius 1 is 1.38 bits per heavy atom. The van der Waals surface area contributed by atoms with Gasteiger partial charge in [-0.1, -0.05) is 13.8 Å². The Bertz CT molecular complexity index is 431.